The average Bonchev–Trinajstić information content (AvgIpc) is 2.99. The number of benzene rings is 1. The van der Waals surface area contributed by atoms with Crippen LogP contribution < -0.4 is 10.2 Å². The molecule has 150 valence electrons. The number of amides is 1. The van der Waals surface area contributed by atoms with Crippen molar-refractivity contribution in [3.63, 3.8) is 0 Å². The van der Waals surface area contributed by atoms with Crippen LogP contribution in [-0.2, 0) is 14.3 Å². The highest BCUT2D eigenvalue weighted by Crippen LogP contribution is 2.40. The molecule has 0 bridgehead atoms. The molecule has 28 heavy (non-hydrogen) atoms. The second-order valence-electron chi connectivity index (χ2n) is 6.91. The number of esters is 1. The molecule has 1 amide bonds. The Morgan fingerprint density at radius 2 is 1.86 bits per heavy atom. The fourth-order valence-corrected chi connectivity index (χ4v) is 4.41. The molecular weight excluding hydrogens is 376 g/mol. The van der Waals surface area contributed by atoms with Gasteiger partial charge in [0, 0.05) is 10.4 Å². The Bertz CT molecular complexity index is 839. The minimum absolute atomic E-state index is 0.0980. The quantitative estimate of drug-likeness (QED) is 0.725. The minimum Gasteiger partial charge on any atom is -0.462 e. The van der Waals surface area contributed by atoms with E-state index in [0.717, 1.165) is 34.7 Å². The largest absolute Gasteiger partial charge is 0.462 e. The van der Waals surface area contributed by atoms with Crippen LogP contribution in [0.5, 0.6) is 0 Å². The molecule has 1 aromatic carbocycles. The summed E-state index contributed by atoms with van der Waals surface area (Å²) in [7, 11) is 0. The van der Waals surface area contributed by atoms with Gasteiger partial charge in [-0.1, -0.05) is 29.8 Å². The first kappa shape index (κ1) is 20.5. The first-order valence-corrected chi connectivity index (χ1v) is 10.4. The molecule has 2 N–H and O–H groups in total. The second kappa shape index (κ2) is 9.32. The van der Waals surface area contributed by atoms with Crippen molar-refractivity contribution < 1.29 is 24.0 Å². The summed E-state index contributed by atoms with van der Waals surface area (Å²) in [5, 5.41) is 3.52. The van der Waals surface area contributed by atoms with Crippen LogP contribution in [-0.4, -0.2) is 51.3 Å². The molecule has 1 saturated heterocycles. The van der Waals surface area contributed by atoms with Crippen molar-refractivity contribution in [1.82, 2.24) is 0 Å². The minimum atomic E-state index is -0.406. The fraction of sp³-hybridized carbons (Fsp3) is 0.429. The normalized spacial score (nSPS) is 14.7. The molecule has 6 nitrogen and oxygen atoms in total. The highest BCUT2D eigenvalue weighted by Gasteiger charge is 2.26. The summed E-state index contributed by atoms with van der Waals surface area (Å²) in [6.45, 7) is 9.39. The Hall–Kier alpha value is -2.22. The van der Waals surface area contributed by atoms with Crippen molar-refractivity contribution in [2.24, 2.45) is 0 Å². The van der Waals surface area contributed by atoms with Gasteiger partial charge in [-0.2, -0.15) is 0 Å². The van der Waals surface area contributed by atoms with E-state index in [4.69, 9.17) is 9.47 Å². The van der Waals surface area contributed by atoms with Gasteiger partial charge in [-0.3, -0.25) is 4.79 Å². The predicted octanol–water partition coefficient (Wildman–Crippen LogP) is 2.06. The van der Waals surface area contributed by atoms with Gasteiger partial charge in [0.1, 0.15) is 23.7 Å². The zero-order valence-electron chi connectivity index (χ0n) is 16.6. The number of hydrogen-bond acceptors (Lipinski definition) is 5. The number of ether oxygens (including phenoxy) is 2. The van der Waals surface area contributed by atoms with Crippen LogP contribution in [0.25, 0.3) is 11.1 Å². The molecule has 0 spiro atoms. The summed E-state index contributed by atoms with van der Waals surface area (Å²) in [5.74, 6) is -0.504. The molecule has 7 heteroatoms. The van der Waals surface area contributed by atoms with Gasteiger partial charge in [0.2, 0.25) is 0 Å². The van der Waals surface area contributed by atoms with Gasteiger partial charge in [-0.05, 0) is 26.3 Å². The Labute approximate surface area is 169 Å². The van der Waals surface area contributed by atoms with E-state index in [1.807, 2.05) is 38.1 Å². The number of nitrogens with one attached hydrogen (secondary N) is 2. The summed E-state index contributed by atoms with van der Waals surface area (Å²) in [4.78, 5) is 27.5. The number of carbonyl (C=O) groups is 2. The molecule has 1 fully saturated rings. The maximum atomic E-state index is 12.7. The first-order chi connectivity index (χ1) is 13.5. The zero-order valence-corrected chi connectivity index (χ0v) is 17.4. The van der Waals surface area contributed by atoms with Crippen LogP contribution >= 0.6 is 11.3 Å². The van der Waals surface area contributed by atoms with Crippen LogP contribution in [0, 0.1) is 13.8 Å². The Morgan fingerprint density at radius 1 is 1.18 bits per heavy atom. The van der Waals surface area contributed by atoms with Crippen molar-refractivity contribution in [3.8, 4) is 11.1 Å². The van der Waals surface area contributed by atoms with E-state index < -0.39 is 5.97 Å². The zero-order chi connectivity index (χ0) is 20.1. The Balaban J connectivity index is 1.89. The Morgan fingerprint density at radius 3 is 2.50 bits per heavy atom. The van der Waals surface area contributed by atoms with Crippen molar-refractivity contribution >= 4 is 28.2 Å². The molecule has 2 heterocycles. The third-order valence-corrected chi connectivity index (χ3v) is 5.79. The lowest BCUT2D eigenvalue weighted by Crippen LogP contribution is -3.15. The van der Waals surface area contributed by atoms with Gasteiger partial charge in [0.05, 0.1) is 19.8 Å². The molecule has 0 saturated carbocycles. The van der Waals surface area contributed by atoms with Gasteiger partial charge in [-0.15, -0.1) is 11.3 Å². The number of hydrogen-bond donors (Lipinski definition) is 2. The van der Waals surface area contributed by atoms with Gasteiger partial charge >= 0.3 is 5.97 Å². The van der Waals surface area contributed by atoms with Crippen molar-refractivity contribution in [3.05, 3.63) is 40.3 Å². The van der Waals surface area contributed by atoms with Crippen molar-refractivity contribution in [2.45, 2.75) is 20.8 Å². The molecule has 3 rings (SSSR count). The first-order valence-electron chi connectivity index (χ1n) is 9.58. The van der Waals surface area contributed by atoms with Crippen molar-refractivity contribution in [1.29, 1.82) is 0 Å². The third kappa shape index (κ3) is 4.79. The summed E-state index contributed by atoms with van der Waals surface area (Å²) in [5.41, 5.74) is 3.37. The molecule has 1 aliphatic rings. The lowest BCUT2D eigenvalue weighted by Gasteiger charge is -2.23. The van der Waals surface area contributed by atoms with E-state index in [2.05, 4.69) is 5.32 Å². The van der Waals surface area contributed by atoms with Gasteiger partial charge in [-0.25, -0.2) is 4.79 Å². The van der Waals surface area contributed by atoms with E-state index in [9.17, 15) is 9.59 Å². The lowest BCUT2D eigenvalue weighted by atomic mass is 10.0. The molecule has 0 aliphatic carbocycles. The number of rotatable bonds is 6. The number of thiophene rings is 1. The topological polar surface area (TPSA) is 69.1 Å². The van der Waals surface area contributed by atoms with E-state index in [1.165, 1.54) is 16.2 Å². The number of aryl methyl sites for hydroxylation is 2. The second-order valence-corrected chi connectivity index (χ2v) is 8.14. The third-order valence-electron chi connectivity index (χ3n) is 4.77. The lowest BCUT2D eigenvalue weighted by molar-refractivity contribution is -0.899. The van der Waals surface area contributed by atoms with E-state index in [-0.39, 0.29) is 12.5 Å². The van der Waals surface area contributed by atoms with Gasteiger partial charge in [0.25, 0.3) is 5.91 Å². The van der Waals surface area contributed by atoms with Crippen LogP contribution in [0.3, 0.4) is 0 Å². The number of carbonyl (C=O) groups excluding carboxylic acids is 2. The van der Waals surface area contributed by atoms with E-state index in [0.29, 0.717) is 30.3 Å². The van der Waals surface area contributed by atoms with Gasteiger partial charge < -0.3 is 19.7 Å². The summed E-state index contributed by atoms with van der Waals surface area (Å²) >= 11 is 1.42. The van der Waals surface area contributed by atoms with Crippen LogP contribution in [0.15, 0.2) is 24.3 Å². The molecule has 1 aliphatic heterocycles. The summed E-state index contributed by atoms with van der Waals surface area (Å²) in [6.07, 6.45) is 0. The molecule has 0 unspecified atom stereocenters. The van der Waals surface area contributed by atoms with Crippen LogP contribution in [0.4, 0.5) is 5.00 Å². The fourth-order valence-electron chi connectivity index (χ4n) is 3.33. The number of quaternary nitrogens is 1. The molecule has 2 aromatic rings. The Kier molecular flexibility index (Phi) is 6.83. The average molecular weight is 404 g/mol. The van der Waals surface area contributed by atoms with E-state index in [1.54, 1.807) is 6.92 Å². The van der Waals surface area contributed by atoms with E-state index >= 15 is 0 Å². The monoisotopic (exact) mass is 403 g/mol. The summed E-state index contributed by atoms with van der Waals surface area (Å²) < 4.78 is 10.6. The molecule has 0 atom stereocenters. The smallest absolute Gasteiger partial charge is 0.341 e. The molecule has 0 radical (unpaired) electrons. The number of anilines is 1. The molecular formula is C21H27N2O4S+. The highest BCUT2D eigenvalue weighted by molar-refractivity contribution is 7.17. The standard InChI is InChI=1S/C21H26N2O4S/c1-4-27-21(25)19-18(16-7-5-14(2)6-8-16)15(3)28-20(19)22-17(24)13-23-9-11-26-12-10-23/h5-8H,4,9-13H2,1-3H3,(H,22,24)/p+1. The maximum absolute atomic E-state index is 12.7. The van der Waals surface area contributed by atoms with Gasteiger partial charge in [0.15, 0.2) is 6.54 Å². The predicted molar refractivity (Wildman–Crippen MR) is 110 cm³/mol. The van der Waals surface area contributed by atoms with Crippen LogP contribution in [0.2, 0.25) is 0 Å². The maximum Gasteiger partial charge on any atom is 0.341 e. The van der Waals surface area contributed by atoms with Crippen molar-refractivity contribution in [2.75, 3.05) is 44.8 Å². The highest BCUT2D eigenvalue weighted by atomic mass is 32.1. The SMILES string of the molecule is CCOC(=O)c1c(NC(=O)C[NH+]2CCOCC2)sc(C)c1-c1ccc(C)cc1. The summed E-state index contributed by atoms with van der Waals surface area (Å²) in [6, 6.07) is 8.02. The van der Waals surface area contributed by atoms with Crippen LogP contribution in [0.1, 0.15) is 27.7 Å². The number of morpholine rings is 1. The molecule has 1 aromatic heterocycles.